The summed E-state index contributed by atoms with van der Waals surface area (Å²) in [7, 11) is 0. The number of hydrogen-bond acceptors (Lipinski definition) is 1. The Balaban J connectivity index is 2.13. The Morgan fingerprint density at radius 3 is 2.08 bits per heavy atom. The summed E-state index contributed by atoms with van der Waals surface area (Å²) in [4.78, 5) is 4.76. The van der Waals surface area contributed by atoms with Crippen molar-refractivity contribution in [1.29, 1.82) is 0 Å². The third-order valence-electron chi connectivity index (χ3n) is 4.49. The summed E-state index contributed by atoms with van der Waals surface area (Å²) in [5.74, 6) is 0.970. The average molecular weight is 315 g/mol. The van der Waals surface area contributed by atoms with Gasteiger partial charge in [0, 0.05) is 11.8 Å². The van der Waals surface area contributed by atoms with Gasteiger partial charge in [0.25, 0.3) is 0 Å². The van der Waals surface area contributed by atoms with Crippen molar-refractivity contribution in [1.82, 2.24) is 4.98 Å². The van der Waals surface area contributed by atoms with E-state index in [0.717, 1.165) is 5.69 Å². The van der Waals surface area contributed by atoms with Crippen LogP contribution in [0.25, 0.3) is 22.4 Å². The van der Waals surface area contributed by atoms with Gasteiger partial charge in [-0.25, -0.2) is 0 Å². The molecular weight excluding hydrogens is 290 g/mol. The minimum atomic E-state index is 0.448. The molecule has 0 amide bonds. The minimum Gasteiger partial charge on any atom is -0.256 e. The van der Waals surface area contributed by atoms with Crippen molar-refractivity contribution in [2.24, 2.45) is 0 Å². The van der Waals surface area contributed by atoms with E-state index in [4.69, 9.17) is 4.98 Å². The van der Waals surface area contributed by atoms with Crippen molar-refractivity contribution in [2.75, 3.05) is 0 Å². The number of nitrogens with zero attached hydrogens (tertiary/aromatic N) is 1. The fraction of sp³-hybridized carbons (Fsp3) is 0.261. The van der Waals surface area contributed by atoms with Crippen LogP contribution in [0.4, 0.5) is 0 Å². The SMILES string of the molecule is CC(C)c1cccc(-c2cc(-c3ccccc3)c(C(C)C)cn2)c1. The van der Waals surface area contributed by atoms with Crippen LogP contribution >= 0.6 is 0 Å². The van der Waals surface area contributed by atoms with E-state index in [1.54, 1.807) is 0 Å². The van der Waals surface area contributed by atoms with Gasteiger partial charge in [0.2, 0.25) is 0 Å². The highest BCUT2D eigenvalue weighted by molar-refractivity contribution is 5.73. The standard InChI is InChI=1S/C23H25N/c1-16(2)19-11-8-12-20(13-19)23-14-21(18-9-6-5-7-10-18)22(15-24-23)17(3)4/h5-17H,1-4H3. The van der Waals surface area contributed by atoms with Crippen LogP contribution in [0.1, 0.15) is 50.7 Å². The molecule has 0 radical (unpaired) electrons. The number of hydrogen-bond donors (Lipinski definition) is 0. The summed E-state index contributed by atoms with van der Waals surface area (Å²) < 4.78 is 0. The van der Waals surface area contributed by atoms with Crippen LogP contribution in [0.15, 0.2) is 66.9 Å². The van der Waals surface area contributed by atoms with Crippen LogP contribution in [-0.2, 0) is 0 Å². The topological polar surface area (TPSA) is 12.9 Å². The summed E-state index contributed by atoms with van der Waals surface area (Å²) in [6.07, 6.45) is 2.05. The van der Waals surface area contributed by atoms with Crippen LogP contribution in [0.2, 0.25) is 0 Å². The van der Waals surface area contributed by atoms with Gasteiger partial charge in [-0.1, -0.05) is 76.2 Å². The molecule has 0 saturated heterocycles. The van der Waals surface area contributed by atoms with Crippen molar-refractivity contribution in [3.63, 3.8) is 0 Å². The molecule has 0 atom stereocenters. The highest BCUT2D eigenvalue weighted by atomic mass is 14.7. The van der Waals surface area contributed by atoms with Crippen LogP contribution < -0.4 is 0 Å². The van der Waals surface area contributed by atoms with Crippen molar-refractivity contribution in [3.05, 3.63) is 78.0 Å². The first-order valence-corrected chi connectivity index (χ1v) is 8.72. The molecule has 0 aliphatic heterocycles. The van der Waals surface area contributed by atoms with Gasteiger partial charge < -0.3 is 0 Å². The van der Waals surface area contributed by atoms with E-state index in [2.05, 4.69) is 88.4 Å². The predicted molar refractivity (Wildman–Crippen MR) is 103 cm³/mol. The Morgan fingerprint density at radius 2 is 1.42 bits per heavy atom. The molecule has 0 N–H and O–H groups in total. The van der Waals surface area contributed by atoms with Gasteiger partial charge in [-0.2, -0.15) is 0 Å². The van der Waals surface area contributed by atoms with Gasteiger partial charge in [-0.15, -0.1) is 0 Å². The van der Waals surface area contributed by atoms with E-state index in [-0.39, 0.29) is 0 Å². The van der Waals surface area contributed by atoms with E-state index < -0.39 is 0 Å². The van der Waals surface area contributed by atoms with Crippen LogP contribution in [0.3, 0.4) is 0 Å². The average Bonchev–Trinajstić information content (AvgIpc) is 2.62. The van der Waals surface area contributed by atoms with Crippen molar-refractivity contribution >= 4 is 0 Å². The Morgan fingerprint density at radius 1 is 0.708 bits per heavy atom. The molecule has 2 aromatic carbocycles. The van der Waals surface area contributed by atoms with Gasteiger partial charge in [0.05, 0.1) is 5.69 Å². The second-order valence-electron chi connectivity index (χ2n) is 6.96. The Bertz CT molecular complexity index is 816. The molecule has 122 valence electrons. The third-order valence-corrected chi connectivity index (χ3v) is 4.49. The van der Waals surface area contributed by atoms with Gasteiger partial charge in [-0.05, 0) is 46.2 Å². The van der Waals surface area contributed by atoms with Gasteiger partial charge >= 0.3 is 0 Å². The summed E-state index contributed by atoms with van der Waals surface area (Å²) in [5, 5.41) is 0. The first-order chi connectivity index (χ1) is 11.6. The summed E-state index contributed by atoms with van der Waals surface area (Å²) in [5.41, 5.74) is 7.42. The molecule has 0 fully saturated rings. The van der Waals surface area contributed by atoms with Crippen molar-refractivity contribution in [3.8, 4) is 22.4 Å². The highest BCUT2D eigenvalue weighted by Gasteiger charge is 2.12. The van der Waals surface area contributed by atoms with Crippen LogP contribution in [0, 0.1) is 0 Å². The zero-order chi connectivity index (χ0) is 17.1. The van der Waals surface area contributed by atoms with E-state index >= 15 is 0 Å². The lowest BCUT2D eigenvalue weighted by molar-refractivity contribution is 0.860. The largest absolute Gasteiger partial charge is 0.256 e. The molecule has 1 nitrogen and oxygen atoms in total. The second kappa shape index (κ2) is 7.00. The van der Waals surface area contributed by atoms with Gasteiger partial charge in [0.15, 0.2) is 0 Å². The lowest BCUT2D eigenvalue weighted by atomic mass is 9.92. The summed E-state index contributed by atoms with van der Waals surface area (Å²) >= 11 is 0. The van der Waals surface area contributed by atoms with E-state index in [9.17, 15) is 0 Å². The molecule has 0 spiro atoms. The lowest BCUT2D eigenvalue weighted by Gasteiger charge is -2.15. The minimum absolute atomic E-state index is 0.448. The third kappa shape index (κ3) is 3.41. The predicted octanol–water partition coefficient (Wildman–Crippen LogP) is 6.66. The molecule has 0 aliphatic carbocycles. The molecule has 3 rings (SSSR count). The molecule has 0 saturated carbocycles. The maximum absolute atomic E-state index is 4.76. The molecule has 0 aliphatic rings. The molecule has 3 aromatic rings. The maximum Gasteiger partial charge on any atom is 0.0708 e. The second-order valence-corrected chi connectivity index (χ2v) is 6.96. The number of aromatic nitrogens is 1. The van der Waals surface area contributed by atoms with Crippen LogP contribution in [-0.4, -0.2) is 4.98 Å². The van der Waals surface area contributed by atoms with Crippen molar-refractivity contribution < 1.29 is 0 Å². The molecule has 1 heteroatoms. The number of pyridine rings is 1. The quantitative estimate of drug-likeness (QED) is 0.524. The van der Waals surface area contributed by atoms with Crippen molar-refractivity contribution in [2.45, 2.75) is 39.5 Å². The Hall–Kier alpha value is -2.41. The summed E-state index contributed by atoms with van der Waals surface area (Å²) in [6, 6.07) is 21.6. The first kappa shape index (κ1) is 16.4. The molecule has 0 bridgehead atoms. The Kier molecular flexibility index (Phi) is 4.80. The Labute approximate surface area is 145 Å². The normalized spacial score (nSPS) is 11.2. The fourth-order valence-electron chi connectivity index (χ4n) is 3.01. The molecule has 0 unspecified atom stereocenters. The van der Waals surface area contributed by atoms with Crippen LogP contribution in [0.5, 0.6) is 0 Å². The van der Waals surface area contributed by atoms with E-state index in [1.807, 2.05) is 6.20 Å². The van der Waals surface area contributed by atoms with Gasteiger partial charge in [-0.3, -0.25) is 4.98 Å². The highest BCUT2D eigenvalue weighted by Crippen LogP contribution is 2.32. The number of rotatable bonds is 4. The molecular formula is C23H25N. The zero-order valence-electron chi connectivity index (χ0n) is 15.0. The molecule has 1 aromatic heterocycles. The monoisotopic (exact) mass is 315 g/mol. The summed E-state index contributed by atoms with van der Waals surface area (Å²) in [6.45, 7) is 8.90. The first-order valence-electron chi connectivity index (χ1n) is 8.72. The van der Waals surface area contributed by atoms with Gasteiger partial charge in [0.1, 0.15) is 0 Å². The smallest absolute Gasteiger partial charge is 0.0708 e. The zero-order valence-corrected chi connectivity index (χ0v) is 15.0. The number of benzene rings is 2. The lowest BCUT2D eigenvalue weighted by Crippen LogP contribution is -1.96. The molecule has 1 heterocycles. The fourth-order valence-corrected chi connectivity index (χ4v) is 3.01. The maximum atomic E-state index is 4.76. The van der Waals surface area contributed by atoms with E-state index in [0.29, 0.717) is 11.8 Å². The van der Waals surface area contributed by atoms with E-state index in [1.165, 1.54) is 27.8 Å². The molecule has 24 heavy (non-hydrogen) atoms.